The van der Waals surface area contributed by atoms with E-state index >= 15 is 0 Å². The van der Waals surface area contributed by atoms with Crippen LogP contribution in [0.3, 0.4) is 0 Å². The molecule has 0 aliphatic heterocycles. The predicted molar refractivity (Wildman–Crippen MR) is 62.8 cm³/mol. The van der Waals surface area contributed by atoms with E-state index in [1.54, 1.807) is 0 Å². The second-order valence-corrected chi connectivity index (χ2v) is 3.56. The van der Waals surface area contributed by atoms with Crippen LogP contribution in [0, 0.1) is 28.3 Å². The molecular formula is C12H13FN2O2. The maximum absolute atomic E-state index is 13.1. The third kappa shape index (κ3) is 4.62. The molecule has 1 aromatic carbocycles. The molecule has 17 heavy (non-hydrogen) atoms. The van der Waals surface area contributed by atoms with Gasteiger partial charge in [0.25, 0.3) is 5.69 Å². The lowest BCUT2D eigenvalue weighted by Crippen LogP contribution is -2.14. The first-order valence-electron chi connectivity index (χ1n) is 5.21. The first-order valence-corrected chi connectivity index (χ1v) is 5.21. The van der Waals surface area contributed by atoms with Crippen LogP contribution in [-0.2, 0) is 6.54 Å². The predicted octanol–water partition coefficient (Wildman–Crippen LogP) is 2.24. The molecule has 1 N–H and O–H groups in total. The largest absolute Gasteiger partial charge is 0.313 e. The second-order valence-electron chi connectivity index (χ2n) is 3.56. The molecule has 5 heteroatoms. The van der Waals surface area contributed by atoms with Gasteiger partial charge in [-0.2, -0.15) is 0 Å². The zero-order valence-electron chi connectivity index (χ0n) is 9.28. The molecule has 90 valence electrons. The van der Waals surface area contributed by atoms with Gasteiger partial charge in [-0.3, -0.25) is 10.1 Å². The molecule has 0 amide bonds. The van der Waals surface area contributed by atoms with Crippen molar-refractivity contribution < 1.29 is 9.31 Å². The summed E-state index contributed by atoms with van der Waals surface area (Å²) < 4.78 is 13.1. The molecule has 1 rings (SSSR count). The molecule has 1 aromatic rings. The van der Waals surface area contributed by atoms with E-state index in [-0.39, 0.29) is 5.69 Å². The summed E-state index contributed by atoms with van der Waals surface area (Å²) >= 11 is 0. The summed E-state index contributed by atoms with van der Waals surface area (Å²) in [4.78, 5) is 9.91. The molecule has 0 atom stereocenters. The number of halogens is 1. The maximum Gasteiger partial charge on any atom is 0.272 e. The Morgan fingerprint density at radius 3 is 2.88 bits per heavy atom. The van der Waals surface area contributed by atoms with Crippen molar-refractivity contribution in [2.45, 2.75) is 19.4 Å². The standard InChI is InChI=1S/C12H13FN2O2/c1-2-3-4-5-14-9-10-6-11(13)8-12(7-10)15(16)17/h1,6-8,14H,3-5,9H2. The zero-order chi connectivity index (χ0) is 12.7. The number of nitrogens with one attached hydrogen (secondary N) is 1. The van der Waals surface area contributed by atoms with Crippen LogP contribution in [0.15, 0.2) is 18.2 Å². The molecule has 4 nitrogen and oxygen atoms in total. The average molecular weight is 236 g/mol. The van der Waals surface area contributed by atoms with Crippen molar-refractivity contribution >= 4 is 5.69 Å². The average Bonchev–Trinajstić information content (AvgIpc) is 2.28. The monoisotopic (exact) mass is 236 g/mol. The van der Waals surface area contributed by atoms with Crippen LogP contribution in [0.1, 0.15) is 18.4 Å². The first kappa shape index (κ1) is 13.1. The van der Waals surface area contributed by atoms with Crippen LogP contribution in [-0.4, -0.2) is 11.5 Å². The van der Waals surface area contributed by atoms with Crippen LogP contribution in [0.25, 0.3) is 0 Å². The molecule has 0 radical (unpaired) electrons. The summed E-state index contributed by atoms with van der Waals surface area (Å²) in [5.41, 5.74) is 0.322. The van der Waals surface area contributed by atoms with Crippen molar-refractivity contribution in [3.8, 4) is 12.3 Å². The Morgan fingerprint density at radius 2 is 2.24 bits per heavy atom. The summed E-state index contributed by atoms with van der Waals surface area (Å²) in [7, 11) is 0. The van der Waals surface area contributed by atoms with Gasteiger partial charge >= 0.3 is 0 Å². The van der Waals surface area contributed by atoms with Gasteiger partial charge < -0.3 is 5.32 Å². The van der Waals surface area contributed by atoms with E-state index in [0.717, 1.165) is 12.5 Å². The van der Waals surface area contributed by atoms with Gasteiger partial charge in [-0.25, -0.2) is 4.39 Å². The van der Waals surface area contributed by atoms with Crippen LogP contribution in [0.4, 0.5) is 10.1 Å². The maximum atomic E-state index is 13.1. The van der Waals surface area contributed by atoms with Gasteiger partial charge in [-0.1, -0.05) is 0 Å². The van der Waals surface area contributed by atoms with E-state index < -0.39 is 10.7 Å². The van der Waals surface area contributed by atoms with Crippen LogP contribution in [0.5, 0.6) is 0 Å². The molecule has 0 unspecified atom stereocenters. The molecule has 0 heterocycles. The highest BCUT2D eigenvalue weighted by Crippen LogP contribution is 2.16. The van der Waals surface area contributed by atoms with E-state index in [0.29, 0.717) is 25.1 Å². The number of terminal acetylenes is 1. The number of nitrogens with zero attached hydrogens (tertiary/aromatic N) is 1. The van der Waals surface area contributed by atoms with Crippen molar-refractivity contribution in [1.29, 1.82) is 0 Å². The van der Waals surface area contributed by atoms with E-state index in [9.17, 15) is 14.5 Å². The van der Waals surface area contributed by atoms with E-state index in [1.807, 2.05) is 0 Å². The van der Waals surface area contributed by atoms with Gasteiger partial charge in [-0.05, 0) is 24.6 Å². The lowest BCUT2D eigenvalue weighted by atomic mass is 10.2. The van der Waals surface area contributed by atoms with E-state index in [2.05, 4.69) is 11.2 Å². The van der Waals surface area contributed by atoms with Crippen LogP contribution >= 0.6 is 0 Å². The van der Waals surface area contributed by atoms with Crippen molar-refractivity contribution in [3.63, 3.8) is 0 Å². The summed E-state index contributed by atoms with van der Waals surface area (Å²) in [5, 5.41) is 13.6. The number of nitro groups is 1. The first-order chi connectivity index (χ1) is 8.13. The molecule has 0 bridgehead atoms. The zero-order valence-corrected chi connectivity index (χ0v) is 9.28. The Kier molecular flexibility index (Phi) is 5.11. The Hall–Kier alpha value is -1.93. The summed E-state index contributed by atoms with van der Waals surface area (Å²) in [5.74, 6) is 1.91. The summed E-state index contributed by atoms with van der Waals surface area (Å²) in [6.07, 6.45) is 6.60. The fourth-order valence-corrected chi connectivity index (χ4v) is 1.39. The fraction of sp³-hybridized carbons (Fsp3) is 0.333. The Bertz CT molecular complexity index is 441. The highest BCUT2D eigenvalue weighted by atomic mass is 19.1. The lowest BCUT2D eigenvalue weighted by Gasteiger charge is -2.04. The molecule has 0 saturated carbocycles. The smallest absolute Gasteiger partial charge is 0.272 e. The summed E-state index contributed by atoms with van der Waals surface area (Å²) in [6.45, 7) is 1.09. The van der Waals surface area contributed by atoms with Gasteiger partial charge in [-0.15, -0.1) is 12.3 Å². The van der Waals surface area contributed by atoms with Gasteiger partial charge in [0.2, 0.25) is 0 Å². The SMILES string of the molecule is C#CCCCNCc1cc(F)cc([N+](=O)[O-])c1. The van der Waals surface area contributed by atoms with Gasteiger partial charge in [0, 0.05) is 19.0 Å². The minimum Gasteiger partial charge on any atom is -0.313 e. The third-order valence-corrected chi connectivity index (χ3v) is 2.16. The molecule has 0 aliphatic rings. The minimum atomic E-state index is -0.606. The Morgan fingerprint density at radius 1 is 1.47 bits per heavy atom. The number of benzene rings is 1. The Balaban J connectivity index is 2.53. The minimum absolute atomic E-state index is 0.231. The van der Waals surface area contributed by atoms with Crippen LogP contribution < -0.4 is 5.32 Å². The van der Waals surface area contributed by atoms with Crippen molar-refractivity contribution in [1.82, 2.24) is 5.32 Å². The van der Waals surface area contributed by atoms with E-state index in [1.165, 1.54) is 12.1 Å². The lowest BCUT2D eigenvalue weighted by molar-refractivity contribution is -0.385. The fourth-order valence-electron chi connectivity index (χ4n) is 1.39. The molecule has 0 aliphatic carbocycles. The van der Waals surface area contributed by atoms with Gasteiger partial charge in [0.15, 0.2) is 0 Å². The number of rotatable bonds is 6. The normalized spacial score (nSPS) is 9.88. The highest BCUT2D eigenvalue weighted by Gasteiger charge is 2.09. The van der Waals surface area contributed by atoms with E-state index in [4.69, 9.17) is 6.42 Å². The van der Waals surface area contributed by atoms with Gasteiger partial charge in [0.1, 0.15) is 5.82 Å². The number of unbranched alkanes of at least 4 members (excludes halogenated alkanes) is 1. The topological polar surface area (TPSA) is 55.2 Å². The van der Waals surface area contributed by atoms with Gasteiger partial charge in [0.05, 0.1) is 11.0 Å². The Labute approximate surface area is 99.0 Å². The number of non-ortho nitro benzene ring substituents is 1. The molecule has 0 aromatic heterocycles. The van der Waals surface area contributed by atoms with Crippen molar-refractivity contribution in [2.75, 3.05) is 6.54 Å². The molecule has 0 saturated heterocycles. The van der Waals surface area contributed by atoms with Crippen molar-refractivity contribution in [3.05, 3.63) is 39.7 Å². The molecule has 0 fully saturated rings. The summed E-state index contributed by atoms with van der Waals surface area (Å²) in [6, 6.07) is 3.54. The van der Waals surface area contributed by atoms with Crippen molar-refractivity contribution in [2.24, 2.45) is 0 Å². The quantitative estimate of drug-likeness (QED) is 0.356. The molecular weight excluding hydrogens is 223 g/mol. The number of hydrogen-bond acceptors (Lipinski definition) is 3. The highest BCUT2D eigenvalue weighted by molar-refractivity contribution is 5.35. The third-order valence-electron chi connectivity index (χ3n) is 2.16. The number of hydrogen-bond donors (Lipinski definition) is 1. The second kappa shape index (κ2) is 6.61. The van der Waals surface area contributed by atoms with Crippen LogP contribution in [0.2, 0.25) is 0 Å². The molecule has 0 spiro atoms. The number of nitro benzene ring substituents is 1.